The molecule has 1 aliphatic carbocycles. The third-order valence-corrected chi connectivity index (χ3v) is 6.97. The van der Waals surface area contributed by atoms with Crippen LogP contribution in [0, 0.1) is 5.92 Å². The first-order valence-corrected chi connectivity index (χ1v) is 10.9. The Morgan fingerprint density at radius 2 is 2.27 bits per heavy atom. The summed E-state index contributed by atoms with van der Waals surface area (Å²) in [4.78, 5) is 16.5. The first-order chi connectivity index (χ1) is 14.5. The average Bonchev–Trinajstić information content (AvgIpc) is 3.08. The Hall–Kier alpha value is -2.22. The number of nitrogens with one attached hydrogen (secondary N) is 1. The van der Waals surface area contributed by atoms with E-state index in [1.165, 1.54) is 28.2 Å². The number of esters is 1. The van der Waals surface area contributed by atoms with Crippen molar-refractivity contribution in [1.29, 1.82) is 0 Å². The van der Waals surface area contributed by atoms with Gasteiger partial charge in [0.1, 0.15) is 5.60 Å². The summed E-state index contributed by atoms with van der Waals surface area (Å²) < 4.78 is 14.8. The number of aryl methyl sites for hydroxylation is 1. The largest absolute Gasteiger partial charge is 0.462 e. The highest BCUT2D eigenvalue weighted by Crippen LogP contribution is 2.47. The zero-order chi connectivity index (χ0) is 20.9. The molecule has 0 amide bonds. The van der Waals surface area contributed by atoms with E-state index in [2.05, 4.69) is 62.2 Å². The number of rotatable bonds is 4. The Balaban J connectivity index is 1.40. The number of benzene rings is 1. The van der Waals surface area contributed by atoms with Crippen molar-refractivity contribution in [1.82, 2.24) is 14.9 Å². The molecule has 1 aliphatic heterocycles. The van der Waals surface area contributed by atoms with Crippen molar-refractivity contribution in [3.05, 3.63) is 64.0 Å². The van der Waals surface area contributed by atoms with Crippen molar-refractivity contribution in [2.24, 2.45) is 13.0 Å². The molecular formula is C23H24BrN3O3. The Bertz CT molecular complexity index is 1130. The monoisotopic (exact) mass is 469 g/mol. The topological polar surface area (TPSA) is 65.4 Å². The standard InChI is InChI=1S/C23H24BrN3O3/c1-27-12-16-7-20-23(29-2,18-4-3-5-19(27)21(16)18)8-14(9-26-20)13-30-22(28)15-6-17(24)11-25-10-15/h3-6,10-12,14,20,26H,7-9,13H2,1-2H3/t14-,20-,23+/m1/s1. The molecule has 7 heteroatoms. The van der Waals surface area contributed by atoms with Crippen LogP contribution in [0.1, 0.15) is 27.9 Å². The number of pyridine rings is 1. The van der Waals surface area contributed by atoms with Gasteiger partial charge in [0.05, 0.1) is 12.2 Å². The van der Waals surface area contributed by atoms with E-state index >= 15 is 0 Å². The Labute approximate surface area is 183 Å². The van der Waals surface area contributed by atoms with Gasteiger partial charge in [-0.3, -0.25) is 4.98 Å². The van der Waals surface area contributed by atoms with Crippen molar-refractivity contribution in [2.45, 2.75) is 24.5 Å². The number of aromatic nitrogens is 2. The fourth-order valence-corrected chi connectivity index (χ4v) is 5.54. The van der Waals surface area contributed by atoms with Crippen LogP contribution in [-0.2, 0) is 28.5 Å². The van der Waals surface area contributed by atoms with Gasteiger partial charge in [0.25, 0.3) is 0 Å². The van der Waals surface area contributed by atoms with Crippen LogP contribution < -0.4 is 5.32 Å². The van der Waals surface area contributed by atoms with Gasteiger partial charge in [-0.1, -0.05) is 12.1 Å². The predicted molar refractivity (Wildman–Crippen MR) is 117 cm³/mol. The van der Waals surface area contributed by atoms with Crippen LogP contribution >= 0.6 is 15.9 Å². The highest BCUT2D eigenvalue weighted by atomic mass is 79.9. The molecule has 1 N–H and O–H groups in total. The molecule has 3 aromatic rings. The minimum atomic E-state index is -0.430. The molecule has 0 spiro atoms. The van der Waals surface area contributed by atoms with E-state index in [4.69, 9.17) is 9.47 Å². The number of piperidine rings is 1. The highest BCUT2D eigenvalue weighted by Gasteiger charge is 2.49. The van der Waals surface area contributed by atoms with Crippen LogP contribution in [0.3, 0.4) is 0 Å². The summed E-state index contributed by atoms with van der Waals surface area (Å²) in [6.45, 7) is 1.13. The lowest BCUT2D eigenvalue weighted by Crippen LogP contribution is -2.59. The van der Waals surface area contributed by atoms with Crippen LogP contribution in [-0.4, -0.2) is 41.8 Å². The van der Waals surface area contributed by atoms with Crippen molar-refractivity contribution in [3.8, 4) is 0 Å². The van der Waals surface area contributed by atoms with E-state index in [1.807, 2.05) is 0 Å². The van der Waals surface area contributed by atoms with Crippen molar-refractivity contribution in [3.63, 3.8) is 0 Å². The maximum absolute atomic E-state index is 12.5. The van der Waals surface area contributed by atoms with E-state index in [0.29, 0.717) is 12.2 Å². The smallest absolute Gasteiger partial charge is 0.339 e. The molecule has 1 saturated heterocycles. The van der Waals surface area contributed by atoms with Crippen molar-refractivity contribution < 1.29 is 14.3 Å². The van der Waals surface area contributed by atoms with E-state index in [1.54, 1.807) is 19.4 Å². The van der Waals surface area contributed by atoms with Gasteiger partial charge in [-0.2, -0.15) is 0 Å². The van der Waals surface area contributed by atoms with E-state index in [9.17, 15) is 4.79 Å². The molecule has 30 heavy (non-hydrogen) atoms. The molecule has 156 valence electrons. The molecule has 0 radical (unpaired) electrons. The van der Waals surface area contributed by atoms with Gasteiger partial charge in [0.2, 0.25) is 0 Å². The first kappa shape index (κ1) is 19.7. The minimum absolute atomic E-state index is 0.158. The lowest BCUT2D eigenvalue weighted by molar-refractivity contribution is -0.0895. The number of ether oxygens (including phenoxy) is 2. The maximum atomic E-state index is 12.5. The molecule has 1 fully saturated rings. The third-order valence-electron chi connectivity index (χ3n) is 6.54. The number of fused-ring (bicyclic) bond motifs is 2. The van der Waals surface area contributed by atoms with Crippen LogP contribution in [0.2, 0.25) is 0 Å². The summed E-state index contributed by atoms with van der Waals surface area (Å²) in [5.41, 5.74) is 3.84. The number of hydrogen-bond acceptors (Lipinski definition) is 5. The molecular weight excluding hydrogens is 446 g/mol. The second kappa shape index (κ2) is 7.48. The molecule has 0 bridgehead atoms. The Morgan fingerprint density at radius 3 is 3.07 bits per heavy atom. The van der Waals surface area contributed by atoms with Gasteiger partial charge in [0.15, 0.2) is 0 Å². The fraction of sp³-hybridized carbons (Fsp3) is 0.391. The molecule has 2 aromatic heterocycles. The van der Waals surface area contributed by atoms with Crippen molar-refractivity contribution >= 4 is 32.8 Å². The summed E-state index contributed by atoms with van der Waals surface area (Å²) in [5.74, 6) is -0.195. The van der Waals surface area contributed by atoms with Gasteiger partial charge < -0.3 is 19.4 Å². The molecule has 6 nitrogen and oxygen atoms in total. The molecule has 0 unspecified atom stereocenters. The number of nitrogens with zero attached hydrogens (tertiary/aromatic N) is 2. The van der Waals surface area contributed by atoms with Gasteiger partial charge >= 0.3 is 5.97 Å². The zero-order valence-electron chi connectivity index (χ0n) is 17.0. The van der Waals surface area contributed by atoms with Crippen molar-refractivity contribution in [2.75, 3.05) is 20.3 Å². The number of carbonyl (C=O) groups is 1. The molecule has 2 aliphatic rings. The molecule has 1 aromatic carbocycles. The van der Waals surface area contributed by atoms with Gasteiger partial charge in [-0.25, -0.2) is 4.79 Å². The molecule has 3 atom stereocenters. The summed E-state index contributed by atoms with van der Waals surface area (Å²) in [5, 5.41) is 4.99. The Morgan fingerprint density at radius 1 is 1.40 bits per heavy atom. The van der Waals surface area contributed by atoms with Crippen LogP contribution in [0.25, 0.3) is 10.9 Å². The summed E-state index contributed by atoms with van der Waals surface area (Å²) in [7, 11) is 3.89. The highest BCUT2D eigenvalue weighted by molar-refractivity contribution is 9.10. The fourth-order valence-electron chi connectivity index (χ4n) is 5.17. The number of methoxy groups -OCH3 is 1. The normalized spacial score (nSPS) is 25.2. The van der Waals surface area contributed by atoms with E-state index in [-0.39, 0.29) is 17.9 Å². The Kier molecular flexibility index (Phi) is 4.92. The third kappa shape index (κ3) is 3.07. The summed E-state index contributed by atoms with van der Waals surface area (Å²) >= 11 is 3.34. The second-order valence-corrected chi connectivity index (χ2v) is 9.20. The molecule has 0 saturated carbocycles. The molecule has 3 heterocycles. The maximum Gasteiger partial charge on any atom is 0.339 e. The SMILES string of the molecule is CO[C@]12C[C@@H](COC(=O)c3cncc(Br)c3)CN[C@@H]1Cc1cn(C)c3cccc2c13. The predicted octanol–water partition coefficient (Wildman–Crippen LogP) is 3.57. The average molecular weight is 470 g/mol. The minimum Gasteiger partial charge on any atom is -0.462 e. The number of hydrogen-bond donors (Lipinski definition) is 1. The van der Waals surface area contributed by atoms with Crippen LogP contribution in [0.15, 0.2) is 47.3 Å². The number of carbonyl (C=O) groups excluding carboxylic acids is 1. The van der Waals surface area contributed by atoms with Gasteiger partial charge in [-0.15, -0.1) is 0 Å². The zero-order valence-corrected chi connectivity index (χ0v) is 18.6. The first-order valence-electron chi connectivity index (χ1n) is 10.2. The second-order valence-electron chi connectivity index (χ2n) is 8.28. The van der Waals surface area contributed by atoms with E-state index < -0.39 is 5.60 Å². The van der Waals surface area contributed by atoms with Gasteiger partial charge in [-0.05, 0) is 52.0 Å². The summed E-state index contributed by atoms with van der Waals surface area (Å²) in [6.07, 6.45) is 7.13. The van der Waals surface area contributed by atoms with Crippen LogP contribution in [0.4, 0.5) is 0 Å². The van der Waals surface area contributed by atoms with E-state index in [0.717, 1.165) is 23.9 Å². The summed E-state index contributed by atoms with van der Waals surface area (Å²) in [6, 6.07) is 8.37. The lowest BCUT2D eigenvalue weighted by Gasteiger charge is -2.49. The number of halogens is 1. The lowest BCUT2D eigenvalue weighted by atomic mass is 9.69. The quantitative estimate of drug-likeness (QED) is 0.591. The van der Waals surface area contributed by atoms with Gasteiger partial charge in [0, 0.05) is 66.6 Å². The molecule has 5 rings (SSSR count). The van der Waals surface area contributed by atoms with Crippen LogP contribution in [0.5, 0.6) is 0 Å².